The number of hydrogen-bond donors (Lipinski definition) is 0. The summed E-state index contributed by atoms with van der Waals surface area (Å²) < 4.78 is 5.75. The quantitative estimate of drug-likeness (QED) is 0.564. The highest BCUT2D eigenvalue weighted by molar-refractivity contribution is 5.19. The summed E-state index contributed by atoms with van der Waals surface area (Å²) in [6, 6.07) is 1.75. The van der Waals surface area contributed by atoms with E-state index in [9.17, 15) is 0 Å². The molecule has 0 N–H and O–H groups in total. The third-order valence-electron chi connectivity index (χ3n) is 6.12. The predicted octanol–water partition coefficient (Wildman–Crippen LogP) is 5.69. The van der Waals surface area contributed by atoms with E-state index in [-0.39, 0.29) is 6.10 Å². The Morgan fingerprint density at radius 3 is 2.17 bits per heavy atom. The van der Waals surface area contributed by atoms with Crippen LogP contribution < -0.4 is 0 Å². The van der Waals surface area contributed by atoms with E-state index < -0.39 is 0 Å². The number of nitrogens with zero attached hydrogens (tertiary/aromatic N) is 1. The first-order valence-corrected chi connectivity index (χ1v) is 9.89. The van der Waals surface area contributed by atoms with Gasteiger partial charge in [-0.15, -0.1) is 0 Å². The summed E-state index contributed by atoms with van der Waals surface area (Å²) >= 11 is 0. The van der Waals surface area contributed by atoms with Crippen LogP contribution in [-0.2, 0) is 4.74 Å². The second-order valence-electron chi connectivity index (χ2n) is 8.23. The van der Waals surface area contributed by atoms with E-state index in [1.54, 1.807) is 0 Å². The van der Waals surface area contributed by atoms with E-state index in [1.165, 1.54) is 12.0 Å². The van der Waals surface area contributed by atoms with E-state index in [2.05, 4.69) is 78.5 Å². The average molecular weight is 336 g/mol. The van der Waals surface area contributed by atoms with E-state index in [1.807, 2.05) is 7.11 Å². The van der Waals surface area contributed by atoms with Crippen LogP contribution in [0.3, 0.4) is 0 Å². The third kappa shape index (κ3) is 5.20. The monoisotopic (exact) mass is 335 g/mol. The normalized spacial score (nSPS) is 25.8. The first-order valence-electron chi connectivity index (χ1n) is 9.89. The molecular formula is C22H41NO. The molecule has 0 heterocycles. The molecule has 0 amide bonds. The third-order valence-corrected chi connectivity index (χ3v) is 6.12. The Bertz CT molecular complexity index is 416. The molecule has 2 unspecified atom stereocenters. The molecule has 2 nitrogen and oxygen atoms in total. The molecule has 0 saturated heterocycles. The summed E-state index contributed by atoms with van der Waals surface area (Å²) in [5.41, 5.74) is 1.35. The minimum absolute atomic E-state index is 0.257. The van der Waals surface area contributed by atoms with Crippen molar-refractivity contribution >= 4 is 0 Å². The van der Waals surface area contributed by atoms with Crippen LogP contribution in [0.5, 0.6) is 0 Å². The Labute approximate surface area is 151 Å². The van der Waals surface area contributed by atoms with Crippen molar-refractivity contribution in [3.05, 3.63) is 23.8 Å². The van der Waals surface area contributed by atoms with Crippen LogP contribution in [0.4, 0.5) is 0 Å². The van der Waals surface area contributed by atoms with Gasteiger partial charge in [0.2, 0.25) is 0 Å². The summed E-state index contributed by atoms with van der Waals surface area (Å²) in [5.74, 6) is 1.94. The highest BCUT2D eigenvalue weighted by atomic mass is 16.5. The Kier molecular flexibility index (Phi) is 8.73. The van der Waals surface area contributed by atoms with Crippen LogP contribution in [-0.4, -0.2) is 36.2 Å². The average Bonchev–Trinajstić information content (AvgIpc) is 2.68. The summed E-state index contributed by atoms with van der Waals surface area (Å²) in [6.45, 7) is 18.7. The molecule has 0 aromatic rings. The maximum atomic E-state index is 5.75. The predicted molar refractivity (Wildman–Crippen MR) is 106 cm³/mol. The van der Waals surface area contributed by atoms with Crippen LogP contribution in [0.1, 0.15) is 68.2 Å². The summed E-state index contributed by atoms with van der Waals surface area (Å²) in [5, 5.41) is 0. The van der Waals surface area contributed by atoms with Crippen LogP contribution in [0, 0.1) is 17.8 Å². The Balaban J connectivity index is 2.95. The molecule has 0 fully saturated rings. The number of allylic oxidation sites excluding steroid dienone is 3. The van der Waals surface area contributed by atoms with Gasteiger partial charge in [-0.25, -0.2) is 0 Å². The van der Waals surface area contributed by atoms with Crippen molar-refractivity contribution in [3.63, 3.8) is 0 Å². The summed E-state index contributed by atoms with van der Waals surface area (Å²) in [6.07, 6.45) is 9.49. The molecule has 1 aliphatic carbocycles. The van der Waals surface area contributed by atoms with E-state index in [0.29, 0.717) is 35.9 Å². The second kappa shape index (κ2) is 9.77. The lowest BCUT2D eigenvalue weighted by molar-refractivity contribution is 0.0457. The number of rotatable bonds is 8. The lowest BCUT2D eigenvalue weighted by Gasteiger charge is -2.43. The van der Waals surface area contributed by atoms with Crippen LogP contribution in [0.2, 0.25) is 0 Å². The number of hydrogen-bond acceptors (Lipinski definition) is 2. The van der Waals surface area contributed by atoms with Crippen molar-refractivity contribution in [2.75, 3.05) is 7.11 Å². The van der Waals surface area contributed by atoms with Crippen LogP contribution >= 0.6 is 0 Å². The van der Waals surface area contributed by atoms with E-state index in [0.717, 1.165) is 6.42 Å². The largest absolute Gasteiger partial charge is 0.377 e. The highest BCUT2D eigenvalue weighted by Crippen LogP contribution is 2.36. The van der Waals surface area contributed by atoms with Crippen molar-refractivity contribution in [2.45, 2.75) is 92.5 Å². The van der Waals surface area contributed by atoms with Gasteiger partial charge in [0.15, 0.2) is 0 Å². The minimum atomic E-state index is 0.257. The smallest absolute Gasteiger partial charge is 0.0787 e. The van der Waals surface area contributed by atoms with Crippen molar-refractivity contribution in [1.82, 2.24) is 4.90 Å². The highest BCUT2D eigenvalue weighted by Gasteiger charge is 2.33. The van der Waals surface area contributed by atoms with Gasteiger partial charge < -0.3 is 4.74 Å². The van der Waals surface area contributed by atoms with Gasteiger partial charge in [0, 0.05) is 25.2 Å². The molecular weight excluding hydrogens is 294 g/mol. The second-order valence-corrected chi connectivity index (χ2v) is 8.23. The minimum Gasteiger partial charge on any atom is -0.377 e. The molecule has 0 bridgehead atoms. The molecule has 0 aromatic heterocycles. The molecule has 0 aromatic carbocycles. The van der Waals surface area contributed by atoms with Gasteiger partial charge in [-0.3, -0.25) is 4.90 Å². The number of ether oxygens (including phenoxy) is 1. The molecule has 5 atom stereocenters. The zero-order valence-corrected chi connectivity index (χ0v) is 17.5. The molecule has 1 aliphatic rings. The summed E-state index contributed by atoms with van der Waals surface area (Å²) in [7, 11) is 1.84. The van der Waals surface area contributed by atoms with Crippen molar-refractivity contribution in [1.29, 1.82) is 0 Å². The molecule has 1 rings (SSSR count). The van der Waals surface area contributed by atoms with E-state index >= 15 is 0 Å². The lowest BCUT2D eigenvalue weighted by atomic mass is 9.74. The molecule has 2 heteroatoms. The van der Waals surface area contributed by atoms with Crippen LogP contribution in [0.15, 0.2) is 23.8 Å². The van der Waals surface area contributed by atoms with Gasteiger partial charge in [0.1, 0.15) is 0 Å². The summed E-state index contributed by atoms with van der Waals surface area (Å²) in [4.78, 5) is 2.67. The van der Waals surface area contributed by atoms with E-state index in [4.69, 9.17) is 4.74 Å². The zero-order chi connectivity index (χ0) is 18.4. The Morgan fingerprint density at radius 1 is 1.12 bits per heavy atom. The Hall–Kier alpha value is -0.600. The molecule has 0 saturated carbocycles. The fourth-order valence-corrected chi connectivity index (χ4v) is 4.80. The topological polar surface area (TPSA) is 12.5 Å². The standard InChI is InChI=1S/C22H41NO/c1-10-21(18(7)19(8)23(15(2)3)16(4)5)20-13-11-12-17(6)22(14-20)24-9/h11-13,15-16,18-22H,10,14H2,1-9H3/t18?,19-,20?,21-,22+/m0/s1. The molecule has 140 valence electrons. The molecule has 24 heavy (non-hydrogen) atoms. The van der Waals surface area contributed by atoms with Crippen LogP contribution in [0.25, 0.3) is 0 Å². The molecule has 0 spiro atoms. The fourth-order valence-electron chi connectivity index (χ4n) is 4.80. The van der Waals surface area contributed by atoms with Gasteiger partial charge in [0.05, 0.1) is 6.10 Å². The lowest BCUT2D eigenvalue weighted by Crippen LogP contribution is -2.48. The fraction of sp³-hybridized carbons (Fsp3) is 0.818. The first kappa shape index (κ1) is 21.4. The maximum absolute atomic E-state index is 5.75. The zero-order valence-electron chi connectivity index (χ0n) is 17.5. The number of methoxy groups -OCH3 is 1. The van der Waals surface area contributed by atoms with Crippen molar-refractivity contribution in [3.8, 4) is 0 Å². The van der Waals surface area contributed by atoms with Crippen molar-refractivity contribution in [2.24, 2.45) is 17.8 Å². The maximum Gasteiger partial charge on any atom is 0.0787 e. The Morgan fingerprint density at radius 2 is 1.71 bits per heavy atom. The van der Waals surface area contributed by atoms with Gasteiger partial charge >= 0.3 is 0 Å². The van der Waals surface area contributed by atoms with Gasteiger partial charge in [-0.1, -0.05) is 38.5 Å². The SMILES string of the molecule is CC[C@H](C1C=CC=C(C)[C@H](OC)C1)C(C)[C@H](C)N(C(C)C)C(C)C. The molecule has 0 radical (unpaired) electrons. The molecule has 0 aliphatic heterocycles. The van der Waals surface area contributed by atoms with Crippen molar-refractivity contribution < 1.29 is 4.74 Å². The van der Waals surface area contributed by atoms with Gasteiger partial charge in [-0.05, 0) is 71.3 Å². The van der Waals surface area contributed by atoms with Gasteiger partial charge in [-0.2, -0.15) is 0 Å². The first-order chi connectivity index (χ1) is 11.2. The van der Waals surface area contributed by atoms with Gasteiger partial charge in [0.25, 0.3) is 0 Å².